The van der Waals surface area contributed by atoms with Crippen LogP contribution in [-0.4, -0.2) is 40.5 Å². The summed E-state index contributed by atoms with van der Waals surface area (Å²) in [6, 6.07) is -1.52. The monoisotopic (exact) mass is 291 g/mol. The van der Waals surface area contributed by atoms with Gasteiger partial charge in [-0.15, -0.1) is 4.98 Å². The minimum atomic E-state index is -4.62. The van der Waals surface area contributed by atoms with Crippen LogP contribution < -0.4 is 9.47 Å². The Bertz CT molecular complexity index is 397. The normalized spacial score (nSPS) is 12.4. The van der Waals surface area contributed by atoms with Crippen molar-refractivity contribution in [2.24, 2.45) is 0 Å². The maximum atomic E-state index is 11.9. The van der Waals surface area contributed by atoms with Crippen LogP contribution in [0.1, 0.15) is 5.82 Å². The molecule has 0 amide bonds. The van der Waals surface area contributed by atoms with Gasteiger partial charge in [0.15, 0.2) is 13.2 Å². The summed E-state index contributed by atoms with van der Waals surface area (Å²) in [5.74, 6) is -0.135. The molecule has 108 valence electrons. The summed E-state index contributed by atoms with van der Waals surface area (Å²) in [6.07, 6.45) is -9.24. The molecule has 0 saturated heterocycles. The molecule has 19 heavy (non-hydrogen) atoms. The standard InChI is InChI=1S/C8H7F6N3O2/c1-4-15-5(18-2-7(9,10)11)17-6(16-4)19-3-8(12,13)14/h2-3H2,1H3. The number of alkyl halides is 6. The van der Waals surface area contributed by atoms with Crippen molar-refractivity contribution in [1.82, 2.24) is 15.0 Å². The Kier molecular flexibility index (Phi) is 4.37. The van der Waals surface area contributed by atoms with E-state index >= 15 is 0 Å². The van der Waals surface area contributed by atoms with E-state index in [1.165, 1.54) is 6.92 Å². The summed E-state index contributed by atoms with van der Waals surface area (Å²) in [6.45, 7) is -2.10. The smallest absolute Gasteiger partial charge is 0.422 e. The zero-order chi connectivity index (χ0) is 14.7. The fourth-order valence-corrected chi connectivity index (χ4v) is 0.856. The van der Waals surface area contributed by atoms with Gasteiger partial charge < -0.3 is 9.47 Å². The van der Waals surface area contributed by atoms with Crippen molar-refractivity contribution in [3.05, 3.63) is 5.82 Å². The lowest BCUT2D eigenvalue weighted by Crippen LogP contribution is -2.22. The molecule has 1 aromatic rings. The average molecular weight is 291 g/mol. The molecule has 0 aliphatic rings. The van der Waals surface area contributed by atoms with E-state index in [1.54, 1.807) is 0 Å². The molecule has 0 N–H and O–H groups in total. The Labute approximate surface area is 102 Å². The lowest BCUT2D eigenvalue weighted by molar-refractivity contribution is -0.156. The number of ether oxygens (including phenoxy) is 2. The van der Waals surface area contributed by atoms with Crippen molar-refractivity contribution in [2.45, 2.75) is 19.3 Å². The van der Waals surface area contributed by atoms with Gasteiger partial charge in [0.25, 0.3) is 0 Å². The number of aryl methyl sites for hydroxylation is 1. The molecule has 1 aromatic heterocycles. The molecule has 0 unspecified atom stereocenters. The Balaban J connectivity index is 2.71. The third-order valence-electron chi connectivity index (χ3n) is 1.44. The molecule has 0 bridgehead atoms. The van der Waals surface area contributed by atoms with Crippen molar-refractivity contribution in [2.75, 3.05) is 13.2 Å². The Morgan fingerprint density at radius 2 is 1.16 bits per heavy atom. The van der Waals surface area contributed by atoms with E-state index in [2.05, 4.69) is 24.4 Å². The molecule has 1 heterocycles. The van der Waals surface area contributed by atoms with Crippen molar-refractivity contribution in [3.8, 4) is 12.0 Å². The van der Waals surface area contributed by atoms with Crippen LogP contribution in [0.2, 0.25) is 0 Å². The highest BCUT2D eigenvalue weighted by Gasteiger charge is 2.30. The third-order valence-corrected chi connectivity index (χ3v) is 1.44. The zero-order valence-corrected chi connectivity index (χ0v) is 9.34. The van der Waals surface area contributed by atoms with Gasteiger partial charge in [-0.25, -0.2) is 0 Å². The molecule has 0 aliphatic heterocycles. The fraction of sp³-hybridized carbons (Fsp3) is 0.625. The lowest BCUT2D eigenvalue weighted by atomic mass is 10.7. The third kappa shape index (κ3) is 6.62. The zero-order valence-electron chi connectivity index (χ0n) is 9.34. The van der Waals surface area contributed by atoms with Crippen LogP contribution in [0.15, 0.2) is 0 Å². The first-order valence-electron chi connectivity index (χ1n) is 4.67. The Morgan fingerprint density at radius 1 is 0.789 bits per heavy atom. The van der Waals surface area contributed by atoms with Crippen LogP contribution in [0.5, 0.6) is 12.0 Å². The van der Waals surface area contributed by atoms with Crippen LogP contribution in [-0.2, 0) is 0 Å². The topological polar surface area (TPSA) is 57.1 Å². The number of aromatic nitrogens is 3. The molecule has 0 spiro atoms. The molecule has 0 aliphatic carbocycles. The van der Waals surface area contributed by atoms with E-state index in [1.807, 2.05) is 0 Å². The molecule has 0 fully saturated rings. The van der Waals surface area contributed by atoms with Gasteiger partial charge in [-0.3, -0.25) is 0 Å². The van der Waals surface area contributed by atoms with E-state index in [0.717, 1.165) is 0 Å². The predicted molar refractivity (Wildman–Crippen MR) is 47.7 cm³/mol. The fourth-order valence-electron chi connectivity index (χ4n) is 0.856. The lowest BCUT2D eigenvalue weighted by Gasteiger charge is -2.10. The Hall–Kier alpha value is -1.81. The van der Waals surface area contributed by atoms with E-state index in [-0.39, 0.29) is 5.82 Å². The van der Waals surface area contributed by atoms with Gasteiger partial charge in [-0.2, -0.15) is 36.3 Å². The maximum Gasteiger partial charge on any atom is 0.422 e. The Morgan fingerprint density at radius 3 is 1.47 bits per heavy atom. The number of hydrogen-bond donors (Lipinski definition) is 0. The number of hydrogen-bond acceptors (Lipinski definition) is 5. The first kappa shape index (κ1) is 15.2. The second-order valence-corrected chi connectivity index (χ2v) is 3.26. The molecule has 0 saturated carbocycles. The van der Waals surface area contributed by atoms with Crippen molar-refractivity contribution in [3.63, 3.8) is 0 Å². The van der Waals surface area contributed by atoms with Crippen LogP contribution in [0.25, 0.3) is 0 Å². The minimum absolute atomic E-state index is 0.135. The summed E-state index contributed by atoms with van der Waals surface area (Å²) in [5.41, 5.74) is 0. The highest BCUT2D eigenvalue weighted by atomic mass is 19.4. The largest absolute Gasteiger partial charge is 0.454 e. The molecule has 0 radical (unpaired) electrons. The van der Waals surface area contributed by atoms with E-state index in [9.17, 15) is 26.3 Å². The SMILES string of the molecule is Cc1nc(OCC(F)(F)F)nc(OCC(F)(F)F)n1. The van der Waals surface area contributed by atoms with Gasteiger partial charge in [-0.1, -0.05) is 0 Å². The molecular formula is C8H7F6N3O2. The predicted octanol–water partition coefficient (Wildman–Crippen LogP) is 2.06. The molecule has 0 aromatic carbocycles. The van der Waals surface area contributed by atoms with Crippen LogP contribution in [0.3, 0.4) is 0 Å². The summed E-state index contributed by atoms with van der Waals surface area (Å²) in [5, 5.41) is 0. The van der Waals surface area contributed by atoms with Gasteiger partial charge in [0.2, 0.25) is 0 Å². The molecule has 1 rings (SSSR count). The van der Waals surface area contributed by atoms with Gasteiger partial charge in [-0.05, 0) is 6.92 Å². The maximum absolute atomic E-state index is 11.9. The average Bonchev–Trinajstić information content (AvgIpc) is 2.21. The number of nitrogens with zero attached hydrogens (tertiary/aromatic N) is 3. The molecule has 0 atom stereocenters. The van der Waals surface area contributed by atoms with Crippen LogP contribution in [0.4, 0.5) is 26.3 Å². The minimum Gasteiger partial charge on any atom is -0.454 e. The van der Waals surface area contributed by atoms with Crippen LogP contribution in [0, 0.1) is 6.92 Å². The van der Waals surface area contributed by atoms with E-state index < -0.39 is 37.6 Å². The van der Waals surface area contributed by atoms with E-state index in [0.29, 0.717) is 0 Å². The van der Waals surface area contributed by atoms with Crippen molar-refractivity contribution < 1.29 is 35.8 Å². The second-order valence-electron chi connectivity index (χ2n) is 3.26. The van der Waals surface area contributed by atoms with Crippen LogP contribution >= 0.6 is 0 Å². The van der Waals surface area contributed by atoms with Gasteiger partial charge >= 0.3 is 24.4 Å². The molecule has 5 nitrogen and oxygen atoms in total. The first-order valence-corrected chi connectivity index (χ1v) is 4.67. The van der Waals surface area contributed by atoms with Gasteiger partial charge in [0.1, 0.15) is 5.82 Å². The first-order chi connectivity index (χ1) is 8.55. The van der Waals surface area contributed by atoms with Gasteiger partial charge in [0, 0.05) is 0 Å². The summed E-state index contributed by atoms with van der Waals surface area (Å²) in [7, 11) is 0. The summed E-state index contributed by atoms with van der Waals surface area (Å²) in [4.78, 5) is 9.92. The highest BCUT2D eigenvalue weighted by Crippen LogP contribution is 2.19. The highest BCUT2D eigenvalue weighted by molar-refractivity contribution is 5.04. The number of rotatable bonds is 4. The van der Waals surface area contributed by atoms with Crippen molar-refractivity contribution in [1.29, 1.82) is 0 Å². The molecule has 11 heteroatoms. The quantitative estimate of drug-likeness (QED) is 0.795. The van der Waals surface area contributed by atoms with Crippen molar-refractivity contribution >= 4 is 0 Å². The number of halogens is 6. The second kappa shape index (κ2) is 5.45. The molecular weight excluding hydrogens is 284 g/mol. The summed E-state index contributed by atoms with van der Waals surface area (Å²) < 4.78 is 79.6. The van der Waals surface area contributed by atoms with E-state index in [4.69, 9.17) is 0 Å². The van der Waals surface area contributed by atoms with Gasteiger partial charge in [0.05, 0.1) is 0 Å². The summed E-state index contributed by atoms with van der Waals surface area (Å²) >= 11 is 0.